The molecule has 1 aromatic heterocycles. The van der Waals surface area contributed by atoms with Crippen LogP contribution in [0.25, 0.3) is 11.5 Å². The van der Waals surface area contributed by atoms with Gasteiger partial charge in [-0.05, 0) is 31.5 Å². The summed E-state index contributed by atoms with van der Waals surface area (Å²) in [6.07, 6.45) is 2.60. The highest BCUT2D eigenvalue weighted by atomic mass is 35.5. The Kier molecular flexibility index (Phi) is 6.50. The lowest BCUT2D eigenvalue weighted by Crippen LogP contribution is -2.35. The average molecular weight is 372 g/mol. The van der Waals surface area contributed by atoms with E-state index in [1.165, 1.54) is 12.1 Å². The Morgan fingerprint density at radius 1 is 1.24 bits per heavy atom. The van der Waals surface area contributed by atoms with Crippen LogP contribution < -0.4 is 5.73 Å². The van der Waals surface area contributed by atoms with Gasteiger partial charge in [0.05, 0.1) is 6.54 Å². The van der Waals surface area contributed by atoms with Gasteiger partial charge in [0.25, 0.3) is 0 Å². The van der Waals surface area contributed by atoms with E-state index in [9.17, 15) is 13.6 Å². The maximum atomic E-state index is 13.3. The molecule has 0 unspecified atom stereocenters. The van der Waals surface area contributed by atoms with E-state index in [-0.39, 0.29) is 29.8 Å². The van der Waals surface area contributed by atoms with Crippen LogP contribution in [0.5, 0.6) is 0 Å². The zero-order valence-corrected chi connectivity index (χ0v) is 14.5. The van der Waals surface area contributed by atoms with Crippen molar-refractivity contribution in [2.75, 3.05) is 13.1 Å². The minimum Gasteiger partial charge on any atom is -0.441 e. The second kappa shape index (κ2) is 8.40. The van der Waals surface area contributed by atoms with Crippen molar-refractivity contribution in [2.45, 2.75) is 32.2 Å². The van der Waals surface area contributed by atoms with Crippen molar-refractivity contribution in [3.8, 4) is 11.5 Å². The monoisotopic (exact) mass is 371 g/mol. The van der Waals surface area contributed by atoms with E-state index in [0.717, 1.165) is 18.9 Å². The fraction of sp³-hybridized carbons (Fsp3) is 0.412. The molecule has 1 amide bonds. The van der Waals surface area contributed by atoms with Crippen LogP contribution in [-0.2, 0) is 17.8 Å². The molecule has 2 aromatic rings. The maximum Gasteiger partial charge on any atom is 0.226 e. The van der Waals surface area contributed by atoms with Crippen molar-refractivity contribution in [1.82, 2.24) is 9.88 Å². The molecule has 0 aliphatic carbocycles. The first-order valence-electron chi connectivity index (χ1n) is 7.99. The number of benzene rings is 1. The summed E-state index contributed by atoms with van der Waals surface area (Å²) in [6, 6.07) is 3.15. The predicted octanol–water partition coefficient (Wildman–Crippen LogP) is 3.06. The molecule has 0 saturated heterocycles. The van der Waals surface area contributed by atoms with Crippen molar-refractivity contribution in [3.63, 3.8) is 0 Å². The van der Waals surface area contributed by atoms with Gasteiger partial charge in [-0.3, -0.25) is 4.79 Å². The molecule has 3 rings (SSSR count). The molecule has 5 nitrogen and oxygen atoms in total. The summed E-state index contributed by atoms with van der Waals surface area (Å²) in [5, 5.41) is 0. The third-order valence-corrected chi connectivity index (χ3v) is 4.03. The Hall–Kier alpha value is -1.99. The third kappa shape index (κ3) is 4.55. The van der Waals surface area contributed by atoms with E-state index in [0.29, 0.717) is 43.9 Å². The highest BCUT2D eigenvalue weighted by Crippen LogP contribution is 2.27. The van der Waals surface area contributed by atoms with Gasteiger partial charge in [-0.15, -0.1) is 12.4 Å². The number of oxazole rings is 1. The van der Waals surface area contributed by atoms with Gasteiger partial charge in [-0.25, -0.2) is 13.8 Å². The van der Waals surface area contributed by atoms with Crippen molar-refractivity contribution < 1.29 is 18.0 Å². The van der Waals surface area contributed by atoms with E-state index in [4.69, 9.17) is 10.2 Å². The first kappa shape index (κ1) is 19.3. The number of hydrogen-bond donors (Lipinski definition) is 1. The molecule has 0 bridgehead atoms. The topological polar surface area (TPSA) is 72.4 Å². The predicted molar refractivity (Wildman–Crippen MR) is 91.1 cm³/mol. The summed E-state index contributed by atoms with van der Waals surface area (Å²) in [5.41, 5.74) is 6.33. The first-order chi connectivity index (χ1) is 11.6. The number of hydrogen-bond acceptors (Lipinski definition) is 4. The number of amides is 1. The number of unbranched alkanes of at least 4 members (excludes halogenated alkanes) is 1. The van der Waals surface area contributed by atoms with Crippen LogP contribution in [0.15, 0.2) is 22.6 Å². The molecule has 1 aliphatic heterocycles. The second-order valence-electron chi connectivity index (χ2n) is 5.86. The van der Waals surface area contributed by atoms with Crippen LogP contribution in [0.4, 0.5) is 8.78 Å². The van der Waals surface area contributed by atoms with E-state index in [1.807, 2.05) is 0 Å². The standard InChI is InChI=1S/C17H19F2N3O2.ClH/c18-12-7-11(8-13(19)9-12)17-21-14-10-22(6-4-15(14)24-17)16(23)3-1-2-5-20;/h7-9H,1-6,10,20H2;1H. The highest BCUT2D eigenvalue weighted by Gasteiger charge is 2.25. The SMILES string of the molecule is Cl.NCCCCC(=O)N1CCc2oc(-c3cc(F)cc(F)c3)nc2C1. The quantitative estimate of drug-likeness (QED) is 0.820. The minimum atomic E-state index is -0.683. The molecule has 2 heterocycles. The molecule has 1 aliphatic rings. The molecular formula is C17H20ClF2N3O2. The number of nitrogens with two attached hydrogens (primary N) is 1. The van der Waals surface area contributed by atoms with Crippen LogP contribution in [-0.4, -0.2) is 28.9 Å². The van der Waals surface area contributed by atoms with Gasteiger partial charge in [-0.2, -0.15) is 0 Å². The third-order valence-electron chi connectivity index (χ3n) is 4.03. The Bertz CT molecular complexity index is 731. The molecule has 136 valence electrons. The Labute approximate surface area is 150 Å². The molecule has 25 heavy (non-hydrogen) atoms. The van der Waals surface area contributed by atoms with E-state index in [1.54, 1.807) is 4.90 Å². The summed E-state index contributed by atoms with van der Waals surface area (Å²) in [5.74, 6) is -0.456. The highest BCUT2D eigenvalue weighted by molar-refractivity contribution is 5.85. The molecule has 0 atom stereocenters. The van der Waals surface area contributed by atoms with Gasteiger partial charge >= 0.3 is 0 Å². The van der Waals surface area contributed by atoms with E-state index < -0.39 is 11.6 Å². The number of carbonyl (C=O) groups excluding carboxylic acids is 1. The zero-order chi connectivity index (χ0) is 17.1. The van der Waals surface area contributed by atoms with Crippen LogP contribution in [0.2, 0.25) is 0 Å². The van der Waals surface area contributed by atoms with E-state index in [2.05, 4.69) is 4.98 Å². The van der Waals surface area contributed by atoms with Gasteiger partial charge in [0, 0.05) is 31.0 Å². The van der Waals surface area contributed by atoms with Crippen LogP contribution in [0.1, 0.15) is 30.7 Å². The van der Waals surface area contributed by atoms with Crippen LogP contribution in [0.3, 0.4) is 0 Å². The van der Waals surface area contributed by atoms with Gasteiger partial charge in [-0.1, -0.05) is 0 Å². The average Bonchev–Trinajstić information content (AvgIpc) is 2.97. The number of carbonyl (C=O) groups is 1. The van der Waals surface area contributed by atoms with Crippen molar-refractivity contribution in [2.24, 2.45) is 5.73 Å². The molecule has 0 saturated carbocycles. The fourth-order valence-electron chi connectivity index (χ4n) is 2.79. The largest absolute Gasteiger partial charge is 0.441 e. The Morgan fingerprint density at radius 3 is 2.64 bits per heavy atom. The first-order valence-corrected chi connectivity index (χ1v) is 7.99. The zero-order valence-electron chi connectivity index (χ0n) is 13.6. The maximum absolute atomic E-state index is 13.3. The number of nitrogens with zero attached hydrogens (tertiary/aromatic N) is 2. The van der Waals surface area contributed by atoms with Gasteiger partial charge in [0.15, 0.2) is 0 Å². The molecule has 0 radical (unpaired) electrons. The number of aromatic nitrogens is 1. The number of rotatable bonds is 5. The molecule has 1 aromatic carbocycles. The van der Waals surface area contributed by atoms with Gasteiger partial charge in [0.2, 0.25) is 11.8 Å². The lowest BCUT2D eigenvalue weighted by atomic mass is 10.1. The van der Waals surface area contributed by atoms with E-state index >= 15 is 0 Å². The fourth-order valence-corrected chi connectivity index (χ4v) is 2.79. The minimum absolute atomic E-state index is 0. The Balaban J connectivity index is 0.00000225. The van der Waals surface area contributed by atoms with Gasteiger partial charge in [0.1, 0.15) is 23.1 Å². The summed E-state index contributed by atoms with van der Waals surface area (Å²) in [4.78, 5) is 18.2. The van der Waals surface area contributed by atoms with Crippen molar-refractivity contribution in [1.29, 1.82) is 0 Å². The normalized spacial score (nSPS) is 13.3. The summed E-state index contributed by atoms with van der Waals surface area (Å²) < 4.78 is 32.3. The molecule has 2 N–H and O–H groups in total. The lowest BCUT2D eigenvalue weighted by molar-refractivity contribution is -0.132. The summed E-state index contributed by atoms with van der Waals surface area (Å²) >= 11 is 0. The smallest absolute Gasteiger partial charge is 0.226 e. The molecular weight excluding hydrogens is 352 g/mol. The van der Waals surface area contributed by atoms with Crippen molar-refractivity contribution in [3.05, 3.63) is 41.3 Å². The van der Waals surface area contributed by atoms with Crippen molar-refractivity contribution >= 4 is 18.3 Å². The second-order valence-corrected chi connectivity index (χ2v) is 5.86. The van der Waals surface area contributed by atoms with Gasteiger partial charge < -0.3 is 15.1 Å². The number of fused-ring (bicyclic) bond motifs is 1. The van der Waals surface area contributed by atoms with Crippen LogP contribution in [0, 0.1) is 11.6 Å². The summed E-state index contributed by atoms with van der Waals surface area (Å²) in [6.45, 7) is 1.49. The number of halogens is 3. The summed E-state index contributed by atoms with van der Waals surface area (Å²) in [7, 11) is 0. The molecule has 8 heteroatoms. The molecule has 0 fully saturated rings. The lowest BCUT2D eigenvalue weighted by Gasteiger charge is -2.25. The Morgan fingerprint density at radius 2 is 1.96 bits per heavy atom. The van der Waals surface area contributed by atoms with Crippen LogP contribution >= 0.6 is 12.4 Å². The molecule has 0 spiro atoms.